The van der Waals surface area contributed by atoms with Crippen molar-refractivity contribution < 1.29 is 34.8 Å². The van der Waals surface area contributed by atoms with Gasteiger partial charge in [0, 0.05) is 56.5 Å². The number of benzene rings is 1. The number of phenolic OH excluding ortho intramolecular Hbond substituents is 1. The number of likely N-dealkylation sites (N-methyl/N-ethyl adjacent to an activating group) is 1. The third-order valence-electron chi connectivity index (χ3n) is 9.06. The fourth-order valence-electron chi connectivity index (χ4n) is 7.49. The van der Waals surface area contributed by atoms with E-state index in [1.807, 2.05) is 25.1 Å². The van der Waals surface area contributed by atoms with Gasteiger partial charge in [0.15, 0.2) is 17.2 Å². The van der Waals surface area contributed by atoms with E-state index in [4.69, 9.17) is 0 Å². The summed E-state index contributed by atoms with van der Waals surface area (Å²) in [7, 11) is 7.03. The minimum Gasteiger partial charge on any atom is -0.510 e. The number of nitrogens with zero attached hydrogens (tertiary/aromatic N) is 3. The largest absolute Gasteiger partial charge is 0.510 e. The number of rotatable bonds is 5. The summed E-state index contributed by atoms with van der Waals surface area (Å²) in [5.41, 5.74) is -1.01. The molecule has 0 aromatic heterocycles. The maximum atomic E-state index is 14.1. The van der Waals surface area contributed by atoms with Crippen molar-refractivity contribution in [2.45, 2.75) is 51.8 Å². The molecule has 1 aromatic carbocycles. The highest BCUT2D eigenvalue weighted by Crippen LogP contribution is 2.53. The molecule has 1 fully saturated rings. The summed E-state index contributed by atoms with van der Waals surface area (Å²) in [6.07, 6.45) is 0.382. The summed E-state index contributed by atoms with van der Waals surface area (Å²) in [4.78, 5) is 45.7. The molecular weight excluding hydrogens is 514 g/mol. The van der Waals surface area contributed by atoms with Crippen molar-refractivity contribution in [2.24, 2.45) is 17.3 Å². The van der Waals surface area contributed by atoms with Gasteiger partial charge in [-0.1, -0.05) is 13.8 Å². The third-order valence-corrected chi connectivity index (χ3v) is 9.06. The number of aliphatic hydroxyl groups is 3. The molecule has 1 heterocycles. The van der Waals surface area contributed by atoms with Crippen molar-refractivity contribution in [3.8, 4) is 5.75 Å². The fourth-order valence-corrected chi connectivity index (χ4v) is 7.49. The quantitative estimate of drug-likeness (QED) is 0.401. The molecule has 4 N–H and O–H groups in total. The number of aliphatic hydroxyl groups excluding tert-OH is 2. The Balaban J connectivity index is 1.67. The first-order valence-corrected chi connectivity index (χ1v) is 13.6. The number of allylic oxidation sites excluding steroid dienone is 1. The molecule has 10 nitrogen and oxygen atoms in total. The molecule has 0 amide bonds. The summed E-state index contributed by atoms with van der Waals surface area (Å²) in [6, 6.07) is 0.965. The van der Waals surface area contributed by atoms with Crippen LogP contribution in [0.4, 0.5) is 5.69 Å². The van der Waals surface area contributed by atoms with Crippen LogP contribution in [0.2, 0.25) is 0 Å². The average Bonchev–Trinajstić information content (AvgIpc) is 2.81. The van der Waals surface area contributed by atoms with Crippen LogP contribution in [0, 0.1) is 17.3 Å². The van der Waals surface area contributed by atoms with E-state index >= 15 is 0 Å². The van der Waals surface area contributed by atoms with E-state index in [1.165, 1.54) is 0 Å². The highest BCUT2D eigenvalue weighted by Gasteiger charge is 2.63. The van der Waals surface area contributed by atoms with Gasteiger partial charge in [0.1, 0.15) is 22.8 Å². The van der Waals surface area contributed by atoms with E-state index in [2.05, 4.69) is 18.7 Å². The van der Waals surface area contributed by atoms with Crippen molar-refractivity contribution in [3.63, 3.8) is 0 Å². The molecule has 10 heteroatoms. The number of carbonyl (C=O) groups is 3. The summed E-state index contributed by atoms with van der Waals surface area (Å²) in [5, 5.41) is 45.8. The van der Waals surface area contributed by atoms with Gasteiger partial charge in [-0.25, -0.2) is 0 Å². The van der Waals surface area contributed by atoms with E-state index in [0.717, 1.165) is 25.7 Å². The number of aromatic hydroxyl groups is 1. The topological polar surface area (TPSA) is 142 Å². The number of ketones is 3. The van der Waals surface area contributed by atoms with Crippen molar-refractivity contribution >= 4 is 23.0 Å². The van der Waals surface area contributed by atoms with Crippen molar-refractivity contribution in [1.29, 1.82) is 0 Å². The van der Waals surface area contributed by atoms with Gasteiger partial charge < -0.3 is 25.3 Å². The molecular formula is C30H39N3O7. The Morgan fingerprint density at radius 3 is 2.25 bits per heavy atom. The third kappa shape index (κ3) is 3.91. The number of phenols is 1. The van der Waals surface area contributed by atoms with Crippen molar-refractivity contribution in [3.05, 3.63) is 45.4 Å². The second kappa shape index (κ2) is 9.15. The van der Waals surface area contributed by atoms with Crippen LogP contribution in [0.1, 0.15) is 48.7 Å². The summed E-state index contributed by atoms with van der Waals surface area (Å²) in [6.45, 7) is 7.60. The van der Waals surface area contributed by atoms with Gasteiger partial charge in [0.2, 0.25) is 5.78 Å². The standard InChI is InChI=1S/C30H39N3O7/c1-14(34)20-26(37)23(32(6)7)18-9-15-8-17-19(31(4)5)10-16(11-33-12-29(2,3)13-33)24(35)22(17)25(36)21(15)28(39)30(18,40)27(20)38/h10,15,18,23,35,37,39-40H,8-9,11-13H2,1-7H3/t15-,18-,23-,30+/m0/s1. The number of hydrogen-bond donors (Lipinski definition) is 4. The zero-order chi connectivity index (χ0) is 29.6. The summed E-state index contributed by atoms with van der Waals surface area (Å²) in [5.74, 6) is -5.48. The summed E-state index contributed by atoms with van der Waals surface area (Å²) < 4.78 is 0. The van der Waals surface area contributed by atoms with Crippen LogP contribution in [-0.2, 0) is 22.6 Å². The maximum absolute atomic E-state index is 14.1. The van der Waals surface area contributed by atoms with Crippen LogP contribution in [0.3, 0.4) is 0 Å². The molecule has 0 saturated carbocycles. The first-order valence-electron chi connectivity index (χ1n) is 13.6. The molecule has 1 saturated heterocycles. The molecule has 1 aliphatic heterocycles. The lowest BCUT2D eigenvalue weighted by Gasteiger charge is -2.50. The Labute approximate surface area is 234 Å². The molecule has 0 unspecified atom stereocenters. The highest BCUT2D eigenvalue weighted by atomic mass is 16.3. The van der Waals surface area contributed by atoms with Gasteiger partial charge in [0.05, 0.1) is 11.6 Å². The molecule has 1 aromatic rings. The van der Waals surface area contributed by atoms with Crippen molar-refractivity contribution in [2.75, 3.05) is 46.2 Å². The highest BCUT2D eigenvalue weighted by molar-refractivity contribution is 6.25. The molecule has 0 spiro atoms. The van der Waals surface area contributed by atoms with Crippen LogP contribution < -0.4 is 4.90 Å². The monoisotopic (exact) mass is 553 g/mol. The SMILES string of the molecule is CC(=O)C1=C(O)[C@@H](N(C)C)[C@@H]2C[C@@H]3Cc4c(N(C)C)cc(CN5CC(C)(C)C5)c(O)c4C(=O)C3=C(O)[C@]2(O)C1=O. The number of likely N-dealkylation sites (tertiary alicyclic amines) is 1. The number of fused-ring (bicyclic) bond motifs is 3. The lowest BCUT2D eigenvalue weighted by molar-refractivity contribution is -0.148. The van der Waals surface area contributed by atoms with E-state index in [1.54, 1.807) is 19.0 Å². The molecule has 40 heavy (non-hydrogen) atoms. The van der Waals surface area contributed by atoms with Gasteiger partial charge >= 0.3 is 0 Å². The maximum Gasteiger partial charge on any atom is 0.209 e. The Hall–Kier alpha value is -3.21. The Bertz CT molecular complexity index is 1400. The number of hydrogen-bond acceptors (Lipinski definition) is 10. The Kier molecular flexibility index (Phi) is 6.48. The predicted molar refractivity (Wildman–Crippen MR) is 149 cm³/mol. The molecule has 3 aliphatic carbocycles. The number of Topliss-reactive ketones (excluding diaryl/α,β-unsaturated/α-hetero) is 3. The van der Waals surface area contributed by atoms with E-state index in [0.29, 0.717) is 17.7 Å². The molecule has 0 radical (unpaired) electrons. The lowest BCUT2D eigenvalue weighted by atomic mass is 9.58. The molecule has 216 valence electrons. The van der Waals surface area contributed by atoms with Crippen LogP contribution in [0.5, 0.6) is 5.75 Å². The normalized spacial score (nSPS) is 29.7. The van der Waals surface area contributed by atoms with E-state index in [-0.39, 0.29) is 35.1 Å². The minimum atomic E-state index is -2.57. The number of anilines is 1. The minimum absolute atomic E-state index is 0.0680. The molecule has 4 atom stereocenters. The molecule has 0 bridgehead atoms. The Morgan fingerprint density at radius 2 is 1.73 bits per heavy atom. The second-order valence-corrected chi connectivity index (χ2v) is 13.1. The summed E-state index contributed by atoms with van der Waals surface area (Å²) >= 11 is 0. The van der Waals surface area contributed by atoms with Crippen LogP contribution >= 0.6 is 0 Å². The van der Waals surface area contributed by atoms with Gasteiger partial charge in [-0.3, -0.25) is 24.2 Å². The van der Waals surface area contributed by atoms with Gasteiger partial charge in [0.25, 0.3) is 0 Å². The fraction of sp³-hybridized carbons (Fsp3) is 0.567. The van der Waals surface area contributed by atoms with Gasteiger partial charge in [-0.2, -0.15) is 0 Å². The predicted octanol–water partition coefficient (Wildman–Crippen LogP) is 2.13. The van der Waals surface area contributed by atoms with Gasteiger partial charge in [-0.05, 0) is 56.8 Å². The lowest BCUT2D eigenvalue weighted by Crippen LogP contribution is -2.63. The van der Waals surface area contributed by atoms with E-state index < -0.39 is 57.9 Å². The molecule has 5 rings (SSSR count). The zero-order valence-corrected chi connectivity index (χ0v) is 24.2. The van der Waals surface area contributed by atoms with Crippen LogP contribution in [-0.4, -0.2) is 100 Å². The van der Waals surface area contributed by atoms with Crippen molar-refractivity contribution in [1.82, 2.24) is 9.80 Å². The van der Waals surface area contributed by atoms with Crippen LogP contribution in [0.15, 0.2) is 28.7 Å². The molecule has 4 aliphatic rings. The van der Waals surface area contributed by atoms with Gasteiger partial charge in [-0.15, -0.1) is 0 Å². The number of carbonyl (C=O) groups excluding carboxylic acids is 3. The van der Waals surface area contributed by atoms with E-state index in [9.17, 15) is 34.8 Å². The average molecular weight is 554 g/mol. The second-order valence-electron chi connectivity index (χ2n) is 13.1. The first-order chi connectivity index (χ1) is 18.5. The smallest absolute Gasteiger partial charge is 0.209 e. The van der Waals surface area contributed by atoms with Crippen LogP contribution in [0.25, 0.3) is 0 Å². The Morgan fingerprint density at radius 1 is 1.10 bits per heavy atom. The zero-order valence-electron chi connectivity index (χ0n) is 24.2. The first kappa shape index (κ1) is 28.3.